The molecule has 0 spiro atoms. The van der Waals surface area contributed by atoms with Gasteiger partial charge in [0.2, 0.25) is 0 Å². The van der Waals surface area contributed by atoms with Gasteiger partial charge in [-0.25, -0.2) is 0 Å². The van der Waals surface area contributed by atoms with E-state index < -0.39 is 0 Å². The highest BCUT2D eigenvalue weighted by atomic mass is 15.0. The molecule has 57 heavy (non-hydrogen) atoms. The van der Waals surface area contributed by atoms with E-state index in [9.17, 15) is 0 Å². The van der Waals surface area contributed by atoms with E-state index in [4.69, 9.17) is 0 Å². The Bertz CT molecular complexity index is 3510. The van der Waals surface area contributed by atoms with Gasteiger partial charge in [0.1, 0.15) is 0 Å². The molecule has 0 aliphatic carbocycles. The molecule has 0 N–H and O–H groups in total. The lowest BCUT2D eigenvalue weighted by Gasteiger charge is -2.19. The monoisotopic (exact) mass is 721 g/mol. The fourth-order valence-electron chi connectivity index (χ4n) is 9.42. The molecule has 0 amide bonds. The van der Waals surface area contributed by atoms with Crippen molar-refractivity contribution in [1.82, 2.24) is 4.57 Å². The summed E-state index contributed by atoms with van der Waals surface area (Å²) < 4.78 is 2.39. The van der Waals surface area contributed by atoms with Crippen LogP contribution < -0.4 is 0 Å². The molecule has 0 radical (unpaired) electrons. The summed E-state index contributed by atoms with van der Waals surface area (Å²) in [5.74, 6) is 0. The summed E-state index contributed by atoms with van der Waals surface area (Å²) in [6.07, 6.45) is 0. The second-order valence-corrected chi connectivity index (χ2v) is 15.3. The fraction of sp³-hybridized carbons (Fsp3) is 0. The number of hydrogen-bond acceptors (Lipinski definition) is 0. The Hall–Kier alpha value is -7.48. The molecule has 0 saturated carbocycles. The van der Waals surface area contributed by atoms with Gasteiger partial charge in [0.05, 0.1) is 11.0 Å². The van der Waals surface area contributed by atoms with Crippen molar-refractivity contribution >= 4 is 75.7 Å². The van der Waals surface area contributed by atoms with E-state index in [1.807, 2.05) is 0 Å². The van der Waals surface area contributed by atoms with Gasteiger partial charge in [0.15, 0.2) is 0 Å². The van der Waals surface area contributed by atoms with Crippen molar-refractivity contribution in [2.45, 2.75) is 0 Å². The normalized spacial score (nSPS) is 11.9. The number of para-hydroxylation sites is 2. The number of nitrogens with zero attached hydrogens (tertiary/aromatic N) is 1. The first-order chi connectivity index (χ1) is 28.2. The molecule has 11 aromatic carbocycles. The van der Waals surface area contributed by atoms with Gasteiger partial charge in [-0.3, -0.25) is 0 Å². The third-order valence-electron chi connectivity index (χ3n) is 12.1. The lowest BCUT2D eigenvalue weighted by atomic mass is 9.84. The van der Waals surface area contributed by atoms with E-state index in [-0.39, 0.29) is 0 Å². The molecule has 264 valence electrons. The molecule has 1 nitrogen and oxygen atoms in total. The number of hydrogen-bond donors (Lipinski definition) is 0. The van der Waals surface area contributed by atoms with E-state index >= 15 is 0 Å². The number of fused-ring (bicyclic) bond motifs is 8. The molecule has 0 aliphatic rings. The molecule has 1 aromatic heterocycles. The van der Waals surface area contributed by atoms with Gasteiger partial charge in [-0.05, 0) is 142 Å². The largest absolute Gasteiger partial charge is 0.309 e. The van der Waals surface area contributed by atoms with Gasteiger partial charge >= 0.3 is 0 Å². The third kappa shape index (κ3) is 5.03. The topological polar surface area (TPSA) is 4.93 Å². The SMILES string of the molecule is c1ccc2cc(-c3c4ccccc4c(-c4ccc(-n5c6ccccc6c6ccccc65)cc4)c4ccc(-c5ccc6cc7ccccc7cc6c5)cc34)ccc2c1. The molecule has 0 aliphatic heterocycles. The minimum atomic E-state index is 1.16. The van der Waals surface area contributed by atoms with Crippen molar-refractivity contribution < 1.29 is 0 Å². The van der Waals surface area contributed by atoms with Crippen LogP contribution in [-0.4, -0.2) is 4.57 Å². The lowest BCUT2D eigenvalue weighted by Crippen LogP contribution is -1.95. The smallest absolute Gasteiger partial charge is 0.0541 e. The Labute approximate surface area is 330 Å². The maximum atomic E-state index is 2.43. The van der Waals surface area contributed by atoms with Crippen LogP contribution in [-0.2, 0) is 0 Å². The standard InChI is InChI=1S/C56H35N/c1-2-12-38-32-44(24-21-36(38)11-1)56-50-18-6-5-17-49(50)55(37-25-28-46(29-26-37)57-53-19-9-7-15-47(53)48-16-8-10-20-54(48)57)51-30-27-43(35-52(51)56)41-22-23-42-31-39-13-3-4-14-40(39)33-45(42)34-41/h1-35H. The summed E-state index contributed by atoms with van der Waals surface area (Å²) in [4.78, 5) is 0. The minimum Gasteiger partial charge on any atom is -0.309 e. The van der Waals surface area contributed by atoms with Gasteiger partial charge in [-0.2, -0.15) is 0 Å². The molecule has 0 unspecified atom stereocenters. The molecule has 0 saturated heterocycles. The summed E-state index contributed by atoms with van der Waals surface area (Å²) in [6.45, 7) is 0. The Balaban J connectivity index is 1.10. The Morgan fingerprint density at radius 3 is 1.33 bits per heavy atom. The van der Waals surface area contributed by atoms with Crippen LogP contribution in [0.3, 0.4) is 0 Å². The second kappa shape index (κ2) is 12.5. The summed E-state index contributed by atoms with van der Waals surface area (Å²) in [5.41, 5.74) is 11.0. The molecule has 12 rings (SSSR count). The number of rotatable bonds is 4. The molecule has 0 atom stereocenters. The molecule has 0 bridgehead atoms. The summed E-state index contributed by atoms with van der Waals surface area (Å²) in [5, 5.41) is 15.1. The van der Waals surface area contributed by atoms with Crippen molar-refractivity contribution in [3.63, 3.8) is 0 Å². The minimum absolute atomic E-state index is 1.16. The van der Waals surface area contributed by atoms with Crippen LogP contribution >= 0.6 is 0 Å². The number of aromatic nitrogens is 1. The highest BCUT2D eigenvalue weighted by Crippen LogP contribution is 2.46. The first-order valence-electron chi connectivity index (χ1n) is 19.7. The van der Waals surface area contributed by atoms with Gasteiger partial charge in [0.25, 0.3) is 0 Å². The van der Waals surface area contributed by atoms with E-state index in [0.717, 1.165) is 5.69 Å². The van der Waals surface area contributed by atoms with Gasteiger partial charge in [-0.1, -0.05) is 158 Å². The predicted molar refractivity (Wildman–Crippen MR) is 245 cm³/mol. The molecular weight excluding hydrogens is 687 g/mol. The van der Waals surface area contributed by atoms with E-state index in [1.165, 1.54) is 109 Å². The van der Waals surface area contributed by atoms with Crippen LogP contribution in [0.4, 0.5) is 0 Å². The van der Waals surface area contributed by atoms with Crippen LogP contribution in [0.25, 0.3) is 115 Å². The Morgan fingerprint density at radius 1 is 0.228 bits per heavy atom. The van der Waals surface area contributed by atoms with Gasteiger partial charge < -0.3 is 4.57 Å². The van der Waals surface area contributed by atoms with Gasteiger partial charge in [-0.15, -0.1) is 0 Å². The Morgan fingerprint density at radius 2 is 0.649 bits per heavy atom. The molecule has 1 heterocycles. The van der Waals surface area contributed by atoms with E-state index in [1.54, 1.807) is 0 Å². The highest BCUT2D eigenvalue weighted by Gasteiger charge is 2.19. The van der Waals surface area contributed by atoms with Crippen molar-refractivity contribution in [3.8, 4) is 39.1 Å². The fourth-order valence-corrected chi connectivity index (χ4v) is 9.42. The lowest BCUT2D eigenvalue weighted by molar-refractivity contribution is 1.18. The average molecular weight is 722 g/mol. The highest BCUT2D eigenvalue weighted by molar-refractivity contribution is 6.22. The maximum Gasteiger partial charge on any atom is 0.0541 e. The second-order valence-electron chi connectivity index (χ2n) is 15.3. The van der Waals surface area contributed by atoms with Crippen LogP contribution in [0.1, 0.15) is 0 Å². The van der Waals surface area contributed by atoms with E-state index in [0.29, 0.717) is 0 Å². The van der Waals surface area contributed by atoms with Crippen LogP contribution in [0, 0.1) is 0 Å². The zero-order chi connectivity index (χ0) is 37.5. The van der Waals surface area contributed by atoms with Crippen molar-refractivity contribution in [3.05, 3.63) is 212 Å². The molecule has 12 aromatic rings. The number of benzene rings is 11. The first kappa shape index (κ1) is 31.8. The van der Waals surface area contributed by atoms with Crippen LogP contribution in [0.15, 0.2) is 212 Å². The van der Waals surface area contributed by atoms with Crippen molar-refractivity contribution in [2.24, 2.45) is 0 Å². The molecule has 1 heteroatoms. The quantitative estimate of drug-likeness (QED) is 0.160. The van der Waals surface area contributed by atoms with E-state index in [2.05, 4.69) is 217 Å². The molecular formula is C56H35N. The maximum absolute atomic E-state index is 2.43. The summed E-state index contributed by atoms with van der Waals surface area (Å²) >= 11 is 0. The van der Waals surface area contributed by atoms with Crippen molar-refractivity contribution in [1.29, 1.82) is 0 Å². The summed E-state index contributed by atoms with van der Waals surface area (Å²) in [6, 6.07) is 78.5. The van der Waals surface area contributed by atoms with Crippen LogP contribution in [0.2, 0.25) is 0 Å². The average Bonchev–Trinajstić information content (AvgIpc) is 3.61. The Kier molecular flexibility index (Phi) is 7.00. The van der Waals surface area contributed by atoms with Crippen LogP contribution in [0.5, 0.6) is 0 Å². The van der Waals surface area contributed by atoms with Crippen molar-refractivity contribution in [2.75, 3.05) is 0 Å². The summed E-state index contributed by atoms with van der Waals surface area (Å²) in [7, 11) is 0. The van der Waals surface area contributed by atoms with Gasteiger partial charge in [0, 0.05) is 16.5 Å². The molecule has 0 fully saturated rings. The zero-order valence-corrected chi connectivity index (χ0v) is 31.2. The third-order valence-corrected chi connectivity index (χ3v) is 12.1. The first-order valence-corrected chi connectivity index (χ1v) is 19.7. The predicted octanol–water partition coefficient (Wildman–Crippen LogP) is 15.6. The zero-order valence-electron chi connectivity index (χ0n) is 31.2.